The lowest BCUT2D eigenvalue weighted by atomic mass is 10.1. The SMILES string of the molecule is CCCCc1nc([S+](C)[O-])c(C(=O)OCC)n1Cc1ccn2c(CCC(=O)O)c(-c3ccccc3)nc2n1. The maximum absolute atomic E-state index is 12.9. The van der Waals surface area contributed by atoms with Crippen LogP contribution in [0.4, 0.5) is 0 Å². The van der Waals surface area contributed by atoms with E-state index in [1.807, 2.05) is 42.6 Å². The molecule has 0 saturated carbocycles. The predicted octanol–water partition coefficient (Wildman–Crippen LogP) is 3.92. The third-order valence-electron chi connectivity index (χ3n) is 6.10. The van der Waals surface area contributed by atoms with Crippen molar-refractivity contribution in [1.29, 1.82) is 0 Å². The van der Waals surface area contributed by atoms with Crippen molar-refractivity contribution in [2.24, 2.45) is 0 Å². The Bertz CT molecular complexity index is 1430. The van der Waals surface area contributed by atoms with Crippen LogP contribution in [0.1, 0.15) is 60.8 Å². The molecule has 0 aliphatic rings. The number of aromatic nitrogens is 5. The first-order valence-electron chi connectivity index (χ1n) is 12.6. The van der Waals surface area contributed by atoms with Crippen LogP contribution in [0.5, 0.6) is 0 Å². The number of carboxylic acids is 1. The molecule has 3 heterocycles. The van der Waals surface area contributed by atoms with Crippen molar-refractivity contribution >= 4 is 28.9 Å². The lowest BCUT2D eigenvalue weighted by Crippen LogP contribution is -2.18. The highest BCUT2D eigenvalue weighted by Gasteiger charge is 2.30. The second kappa shape index (κ2) is 12.2. The van der Waals surface area contributed by atoms with Gasteiger partial charge in [0.25, 0.3) is 5.03 Å². The van der Waals surface area contributed by atoms with Crippen molar-refractivity contribution in [1.82, 2.24) is 23.9 Å². The Labute approximate surface area is 223 Å². The predicted molar refractivity (Wildman–Crippen MR) is 143 cm³/mol. The number of unbranched alkanes of at least 4 members (excludes halogenated alkanes) is 1. The van der Waals surface area contributed by atoms with Gasteiger partial charge >= 0.3 is 11.9 Å². The molecule has 0 saturated heterocycles. The second-order valence-electron chi connectivity index (χ2n) is 8.80. The van der Waals surface area contributed by atoms with E-state index in [4.69, 9.17) is 14.7 Å². The molecule has 0 bridgehead atoms. The number of nitrogens with zero attached hydrogens (tertiary/aromatic N) is 5. The molecule has 0 aliphatic heterocycles. The van der Waals surface area contributed by atoms with Gasteiger partial charge in [-0.3, -0.25) is 9.20 Å². The molecule has 0 radical (unpaired) electrons. The van der Waals surface area contributed by atoms with E-state index in [-0.39, 0.29) is 30.3 Å². The minimum atomic E-state index is -1.48. The fraction of sp³-hybridized carbons (Fsp3) is 0.370. The van der Waals surface area contributed by atoms with Gasteiger partial charge in [0.15, 0.2) is 0 Å². The summed E-state index contributed by atoms with van der Waals surface area (Å²) < 4.78 is 21.3. The highest BCUT2D eigenvalue weighted by molar-refractivity contribution is 7.90. The average Bonchev–Trinajstić information content (AvgIpc) is 3.45. The van der Waals surface area contributed by atoms with E-state index in [1.165, 1.54) is 6.26 Å². The second-order valence-corrected chi connectivity index (χ2v) is 10.1. The largest absolute Gasteiger partial charge is 0.610 e. The first-order valence-corrected chi connectivity index (χ1v) is 14.1. The van der Waals surface area contributed by atoms with Crippen LogP contribution in [-0.4, -0.2) is 58.4 Å². The number of carboxylic acid groups (broad SMARTS) is 1. The summed E-state index contributed by atoms with van der Waals surface area (Å²) in [6.45, 7) is 4.19. The number of carbonyl (C=O) groups is 2. The summed E-state index contributed by atoms with van der Waals surface area (Å²) in [6, 6.07) is 11.4. The Morgan fingerprint density at radius 1 is 1.08 bits per heavy atom. The standard InChI is InChI=1S/C27H31N5O5S/c1-4-6-12-21-29-25(38(3)36)24(26(35)37-5-2)32(21)17-19-15-16-31-20(13-14-22(33)34)23(30-27(31)28-19)18-10-8-7-9-11-18/h7-11,15-16H,4-6,12-14,17H2,1-3H3,(H,33,34). The zero-order valence-electron chi connectivity index (χ0n) is 21.7. The molecule has 1 unspecified atom stereocenters. The van der Waals surface area contributed by atoms with Gasteiger partial charge in [-0.1, -0.05) is 43.7 Å². The topological polar surface area (TPSA) is 135 Å². The van der Waals surface area contributed by atoms with Gasteiger partial charge in [0.05, 0.1) is 36.7 Å². The number of hydrogen-bond acceptors (Lipinski definition) is 7. The van der Waals surface area contributed by atoms with Crippen LogP contribution in [0.15, 0.2) is 47.6 Å². The van der Waals surface area contributed by atoms with Crippen molar-refractivity contribution in [3.05, 3.63) is 65.5 Å². The van der Waals surface area contributed by atoms with Crippen molar-refractivity contribution in [3.8, 4) is 11.3 Å². The lowest BCUT2D eigenvalue weighted by molar-refractivity contribution is -0.136. The highest BCUT2D eigenvalue weighted by Crippen LogP contribution is 2.26. The molecule has 10 nitrogen and oxygen atoms in total. The number of rotatable bonds is 12. The van der Waals surface area contributed by atoms with Crippen molar-refractivity contribution in [3.63, 3.8) is 0 Å². The average molecular weight is 538 g/mol. The Balaban J connectivity index is 1.80. The van der Waals surface area contributed by atoms with Gasteiger partial charge in [-0.15, -0.1) is 0 Å². The number of aryl methyl sites for hydroxylation is 2. The first-order chi connectivity index (χ1) is 18.3. The van der Waals surface area contributed by atoms with E-state index >= 15 is 0 Å². The molecular weight excluding hydrogens is 506 g/mol. The number of benzene rings is 1. The first kappa shape index (κ1) is 27.3. The molecule has 1 atom stereocenters. The van der Waals surface area contributed by atoms with E-state index in [2.05, 4.69) is 11.9 Å². The number of ether oxygens (including phenoxy) is 1. The molecule has 1 N–H and O–H groups in total. The summed E-state index contributed by atoms with van der Waals surface area (Å²) >= 11 is -1.48. The number of fused-ring (bicyclic) bond motifs is 1. The van der Waals surface area contributed by atoms with Crippen LogP contribution in [-0.2, 0) is 40.1 Å². The number of carbonyl (C=O) groups excluding carboxylic acids is 1. The summed E-state index contributed by atoms with van der Waals surface area (Å²) in [6.07, 6.45) is 5.98. The maximum atomic E-state index is 12.9. The summed E-state index contributed by atoms with van der Waals surface area (Å²) in [5.74, 6) is -0.387. The molecule has 1 aromatic carbocycles. The molecule has 3 aromatic heterocycles. The van der Waals surface area contributed by atoms with Crippen LogP contribution >= 0.6 is 0 Å². The van der Waals surface area contributed by atoms with E-state index in [9.17, 15) is 19.2 Å². The quantitative estimate of drug-likeness (QED) is 0.212. The third-order valence-corrected chi connectivity index (χ3v) is 6.93. The van der Waals surface area contributed by atoms with Gasteiger partial charge < -0.3 is 19.0 Å². The van der Waals surface area contributed by atoms with Gasteiger partial charge in [0.2, 0.25) is 11.5 Å². The molecular formula is C27H31N5O5S. The fourth-order valence-electron chi connectivity index (χ4n) is 4.32. The minimum Gasteiger partial charge on any atom is -0.610 e. The molecule has 4 aromatic rings. The molecule has 200 valence electrons. The minimum absolute atomic E-state index is 0.0367. The Morgan fingerprint density at radius 3 is 2.50 bits per heavy atom. The van der Waals surface area contributed by atoms with Gasteiger partial charge in [-0.05, 0) is 19.4 Å². The van der Waals surface area contributed by atoms with Gasteiger partial charge in [-0.25, -0.2) is 14.8 Å². The van der Waals surface area contributed by atoms with E-state index in [0.717, 1.165) is 24.1 Å². The van der Waals surface area contributed by atoms with Crippen LogP contribution in [0.2, 0.25) is 0 Å². The molecule has 0 fully saturated rings. The molecule has 0 amide bonds. The van der Waals surface area contributed by atoms with Gasteiger partial charge in [0, 0.05) is 35.8 Å². The summed E-state index contributed by atoms with van der Waals surface area (Å²) in [5.41, 5.74) is 3.11. The van der Waals surface area contributed by atoms with Crippen LogP contribution in [0, 0.1) is 0 Å². The van der Waals surface area contributed by atoms with Crippen molar-refractivity contribution < 1.29 is 24.0 Å². The van der Waals surface area contributed by atoms with E-state index in [0.29, 0.717) is 35.8 Å². The van der Waals surface area contributed by atoms with Crippen LogP contribution in [0.3, 0.4) is 0 Å². The van der Waals surface area contributed by atoms with Crippen LogP contribution in [0.25, 0.3) is 17.0 Å². The third kappa shape index (κ3) is 5.89. The lowest BCUT2D eigenvalue weighted by Gasteiger charge is -2.12. The zero-order chi connectivity index (χ0) is 27.2. The monoisotopic (exact) mass is 537 g/mol. The van der Waals surface area contributed by atoms with Gasteiger partial charge in [-0.2, -0.15) is 4.98 Å². The Hall–Kier alpha value is -3.70. The molecule has 0 aliphatic carbocycles. The Morgan fingerprint density at radius 2 is 1.84 bits per heavy atom. The van der Waals surface area contributed by atoms with E-state index < -0.39 is 23.1 Å². The maximum Gasteiger partial charge on any atom is 0.362 e. The summed E-state index contributed by atoms with van der Waals surface area (Å²) in [5, 5.41) is 9.49. The molecule has 0 spiro atoms. The smallest absolute Gasteiger partial charge is 0.362 e. The Kier molecular flexibility index (Phi) is 8.80. The van der Waals surface area contributed by atoms with Crippen LogP contribution < -0.4 is 0 Å². The molecule has 11 heteroatoms. The van der Waals surface area contributed by atoms with Crippen molar-refractivity contribution in [2.45, 2.75) is 57.5 Å². The zero-order valence-corrected chi connectivity index (χ0v) is 22.5. The number of aliphatic carboxylic acids is 1. The fourth-order valence-corrected chi connectivity index (χ4v) is 5.02. The number of hydrogen-bond donors (Lipinski definition) is 1. The molecule has 4 rings (SSSR count). The van der Waals surface area contributed by atoms with Gasteiger partial charge in [0.1, 0.15) is 12.1 Å². The molecule has 38 heavy (non-hydrogen) atoms. The summed E-state index contributed by atoms with van der Waals surface area (Å²) in [7, 11) is 0. The van der Waals surface area contributed by atoms with E-state index in [1.54, 1.807) is 15.9 Å². The highest BCUT2D eigenvalue weighted by atomic mass is 32.2. The van der Waals surface area contributed by atoms with Crippen molar-refractivity contribution in [2.75, 3.05) is 12.9 Å². The number of imidazole rings is 2. The normalized spacial score (nSPS) is 12.1. The summed E-state index contributed by atoms with van der Waals surface area (Å²) in [4.78, 5) is 38.3. The number of esters is 1.